The van der Waals surface area contributed by atoms with Gasteiger partial charge in [-0.2, -0.15) is 0 Å². The van der Waals surface area contributed by atoms with E-state index in [-0.39, 0.29) is 0 Å². The number of pyridine rings is 1. The summed E-state index contributed by atoms with van der Waals surface area (Å²) >= 11 is 0. The standard InChI is InChI=1S/C16H16N4/c1-11-3-4-12(2)14(7-11)20-10-18-9-15(20)13-5-6-16(17)19-8-13/h3-10H,1-2H3,(H2,17,19). The maximum atomic E-state index is 5.64. The summed E-state index contributed by atoms with van der Waals surface area (Å²) in [4.78, 5) is 8.42. The Hall–Kier alpha value is -2.62. The van der Waals surface area contributed by atoms with Crippen LogP contribution < -0.4 is 5.73 Å². The molecule has 0 bridgehead atoms. The van der Waals surface area contributed by atoms with Crippen molar-refractivity contribution in [2.24, 2.45) is 0 Å². The molecule has 20 heavy (non-hydrogen) atoms. The first-order valence-electron chi connectivity index (χ1n) is 6.47. The zero-order chi connectivity index (χ0) is 14.1. The van der Waals surface area contributed by atoms with E-state index in [0.717, 1.165) is 16.9 Å². The zero-order valence-electron chi connectivity index (χ0n) is 11.5. The van der Waals surface area contributed by atoms with Crippen LogP contribution >= 0.6 is 0 Å². The molecule has 0 radical (unpaired) electrons. The second kappa shape index (κ2) is 4.81. The van der Waals surface area contributed by atoms with Crippen LogP contribution in [0.2, 0.25) is 0 Å². The summed E-state index contributed by atoms with van der Waals surface area (Å²) in [7, 11) is 0. The fourth-order valence-electron chi connectivity index (χ4n) is 2.24. The molecule has 1 aromatic carbocycles. The van der Waals surface area contributed by atoms with Gasteiger partial charge < -0.3 is 5.73 Å². The largest absolute Gasteiger partial charge is 0.384 e. The summed E-state index contributed by atoms with van der Waals surface area (Å²) in [5.74, 6) is 0.520. The highest BCUT2D eigenvalue weighted by molar-refractivity contribution is 5.63. The fourth-order valence-corrected chi connectivity index (χ4v) is 2.24. The normalized spacial score (nSPS) is 10.7. The van der Waals surface area contributed by atoms with Crippen LogP contribution in [0, 0.1) is 13.8 Å². The first kappa shape index (κ1) is 12.4. The van der Waals surface area contributed by atoms with E-state index in [1.54, 1.807) is 12.3 Å². The van der Waals surface area contributed by atoms with Crippen molar-refractivity contribution in [1.29, 1.82) is 0 Å². The third-order valence-electron chi connectivity index (χ3n) is 3.34. The van der Waals surface area contributed by atoms with E-state index in [1.165, 1.54) is 11.1 Å². The second-order valence-electron chi connectivity index (χ2n) is 4.91. The van der Waals surface area contributed by atoms with E-state index in [0.29, 0.717) is 5.82 Å². The molecule has 4 heteroatoms. The van der Waals surface area contributed by atoms with Crippen LogP contribution in [0.4, 0.5) is 5.82 Å². The summed E-state index contributed by atoms with van der Waals surface area (Å²) in [6, 6.07) is 10.2. The van der Waals surface area contributed by atoms with Gasteiger partial charge in [0.25, 0.3) is 0 Å². The molecule has 0 aliphatic carbocycles. The predicted octanol–water partition coefficient (Wildman–Crippen LogP) is 3.13. The number of nitrogen functional groups attached to an aromatic ring is 1. The Morgan fingerprint density at radius 3 is 2.65 bits per heavy atom. The minimum absolute atomic E-state index is 0.520. The Labute approximate surface area is 117 Å². The molecule has 2 heterocycles. The molecule has 0 aliphatic rings. The van der Waals surface area contributed by atoms with E-state index >= 15 is 0 Å². The van der Waals surface area contributed by atoms with E-state index in [9.17, 15) is 0 Å². The van der Waals surface area contributed by atoms with E-state index < -0.39 is 0 Å². The van der Waals surface area contributed by atoms with Gasteiger partial charge in [-0.05, 0) is 43.2 Å². The van der Waals surface area contributed by atoms with Gasteiger partial charge in [-0.1, -0.05) is 12.1 Å². The van der Waals surface area contributed by atoms with Crippen LogP contribution in [0.15, 0.2) is 49.1 Å². The Balaban J connectivity index is 2.15. The minimum Gasteiger partial charge on any atom is -0.384 e. The van der Waals surface area contributed by atoms with Crippen molar-refractivity contribution >= 4 is 5.82 Å². The SMILES string of the molecule is Cc1ccc(C)c(-n2cncc2-c2ccc(N)nc2)c1. The molecule has 0 fully saturated rings. The van der Waals surface area contributed by atoms with Crippen LogP contribution in [-0.2, 0) is 0 Å². The van der Waals surface area contributed by atoms with E-state index in [1.807, 2.05) is 18.6 Å². The highest BCUT2D eigenvalue weighted by Crippen LogP contribution is 2.25. The fraction of sp³-hybridized carbons (Fsp3) is 0.125. The molecule has 3 aromatic rings. The first-order valence-corrected chi connectivity index (χ1v) is 6.47. The Bertz CT molecular complexity index is 741. The zero-order valence-corrected chi connectivity index (χ0v) is 11.5. The van der Waals surface area contributed by atoms with Gasteiger partial charge in [-0.3, -0.25) is 4.57 Å². The molecule has 0 unspecified atom stereocenters. The number of hydrogen-bond acceptors (Lipinski definition) is 3. The first-order chi connectivity index (χ1) is 9.65. The lowest BCUT2D eigenvalue weighted by Gasteiger charge is -2.12. The average Bonchev–Trinajstić information content (AvgIpc) is 2.91. The number of nitrogens with zero attached hydrogens (tertiary/aromatic N) is 3. The van der Waals surface area contributed by atoms with Crippen molar-refractivity contribution in [3.8, 4) is 16.9 Å². The van der Waals surface area contributed by atoms with Crippen molar-refractivity contribution < 1.29 is 0 Å². The van der Waals surface area contributed by atoms with Gasteiger partial charge in [-0.25, -0.2) is 9.97 Å². The Morgan fingerprint density at radius 2 is 1.90 bits per heavy atom. The molecule has 0 saturated heterocycles. The molecule has 0 saturated carbocycles. The highest BCUT2D eigenvalue weighted by atomic mass is 15.1. The van der Waals surface area contributed by atoms with Crippen LogP contribution in [0.1, 0.15) is 11.1 Å². The quantitative estimate of drug-likeness (QED) is 0.773. The van der Waals surface area contributed by atoms with Crippen molar-refractivity contribution in [2.75, 3.05) is 5.73 Å². The van der Waals surface area contributed by atoms with Gasteiger partial charge in [0, 0.05) is 11.8 Å². The van der Waals surface area contributed by atoms with E-state index in [4.69, 9.17) is 5.73 Å². The summed E-state index contributed by atoms with van der Waals surface area (Å²) in [6.45, 7) is 4.18. The lowest BCUT2D eigenvalue weighted by Crippen LogP contribution is -1.99. The molecule has 0 aliphatic heterocycles. The lowest BCUT2D eigenvalue weighted by atomic mass is 10.1. The molecular formula is C16H16N4. The lowest BCUT2D eigenvalue weighted by molar-refractivity contribution is 1.04. The average molecular weight is 264 g/mol. The van der Waals surface area contributed by atoms with Crippen molar-refractivity contribution in [1.82, 2.24) is 14.5 Å². The Morgan fingerprint density at radius 1 is 1.05 bits per heavy atom. The van der Waals surface area contributed by atoms with Crippen molar-refractivity contribution in [2.45, 2.75) is 13.8 Å². The molecule has 2 N–H and O–H groups in total. The summed E-state index contributed by atoms with van der Waals surface area (Å²) in [5, 5.41) is 0. The van der Waals surface area contributed by atoms with E-state index in [2.05, 4.69) is 46.6 Å². The molecule has 0 amide bonds. The van der Waals surface area contributed by atoms with Gasteiger partial charge in [0.2, 0.25) is 0 Å². The molecular weight excluding hydrogens is 248 g/mol. The molecule has 0 atom stereocenters. The van der Waals surface area contributed by atoms with Gasteiger partial charge in [0.15, 0.2) is 0 Å². The van der Waals surface area contributed by atoms with Gasteiger partial charge in [0.05, 0.1) is 23.9 Å². The maximum Gasteiger partial charge on any atom is 0.123 e. The van der Waals surface area contributed by atoms with Crippen LogP contribution in [0.3, 0.4) is 0 Å². The third-order valence-corrected chi connectivity index (χ3v) is 3.34. The van der Waals surface area contributed by atoms with Gasteiger partial charge >= 0.3 is 0 Å². The van der Waals surface area contributed by atoms with Crippen LogP contribution in [0.25, 0.3) is 16.9 Å². The molecule has 3 rings (SSSR count). The minimum atomic E-state index is 0.520. The molecule has 100 valence electrons. The summed E-state index contributed by atoms with van der Waals surface area (Å²) in [6.07, 6.45) is 5.44. The number of benzene rings is 1. The second-order valence-corrected chi connectivity index (χ2v) is 4.91. The van der Waals surface area contributed by atoms with Crippen molar-refractivity contribution in [3.05, 3.63) is 60.2 Å². The number of nitrogens with two attached hydrogens (primary N) is 1. The van der Waals surface area contributed by atoms with Crippen molar-refractivity contribution in [3.63, 3.8) is 0 Å². The third kappa shape index (κ3) is 2.16. The Kier molecular flexibility index (Phi) is 2.99. The van der Waals surface area contributed by atoms with Crippen LogP contribution in [0.5, 0.6) is 0 Å². The number of rotatable bonds is 2. The molecule has 2 aromatic heterocycles. The predicted molar refractivity (Wildman–Crippen MR) is 80.7 cm³/mol. The number of aryl methyl sites for hydroxylation is 2. The number of aromatic nitrogens is 3. The number of anilines is 1. The van der Waals surface area contributed by atoms with Crippen LogP contribution in [-0.4, -0.2) is 14.5 Å². The highest BCUT2D eigenvalue weighted by Gasteiger charge is 2.09. The van der Waals surface area contributed by atoms with Gasteiger partial charge in [-0.15, -0.1) is 0 Å². The smallest absolute Gasteiger partial charge is 0.123 e. The summed E-state index contributed by atoms with van der Waals surface area (Å²) < 4.78 is 2.08. The molecule has 0 spiro atoms. The monoisotopic (exact) mass is 264 g/mol. The number of hydrogen-bond donors (Lipinski definition) is 1. The molecule has 4 nitrogen and oxygen atoms in total. The summed E-state index contributed by atoms with van der Waals surface area (Å²) in [5.41, 5.74) is 11.2. The number of imidazole rings is 1. The maximum absolute atomic E-state index is 5.64. The topological polar surface area (TPSA) is 56.7 Å². The van der Waals surface area contributed by atoms with Gasteiger partial charge in [0.1, 0.15) is 5.82 Å².